The lowest BCUT2D eigenvalue weighted by Gasteiger charge is -2.34. The Morgan fingerprint density at radius 2 is 1.89 bits per heavy atom. The van der Waals surface area contributed by atoms with E-state index in [9.17, 15) is 0 Å². The Hall–Kier alpha value is -1.37. The molecule has 0 fully saturated rings. The minimum Gasteiger partial charge on any atom is -0.326 e. The Labute approximate surface area is 117 Å². The lowest BCUT2D eigenvalue weighted by Crippen LogP contribution is -2.41. The van der Waals surface area contributed by atoms with Gasteiger partial charge in [-0.3, -0.25) is 4.90 Å². The van der Waals surface area contributed by atoms with Crippen LogP contribution in [0.4, 0.5) is 0 Å². The maximum atomic E-state index is 8.79. The zero-order chi connectivity index (χ0) is 14.3. The molecule has 3 heteroatoms. The Balaban J connectivity index is 2.99. The van der Waals surface area contributed by atoms with Crippen LogP contribution in [-0.4, -0.2) is 24.0 Å². The maximum Gasteiger partial charge on any atom is 0.0635 e. The second kappa shape index (κ2) is 7.93. The van der Waals surface area contributed by atoms with Gasteiger partial charge in [-0.1, -0.05) is 43.7 Å². The highest BCUT2D eigenvalue weighted by Crippen LogP contribution is 2.25. The number of nitrogens with two attached hydrogens (primary N) is 1. The minimum absolute atomic E-state index is 0.0985. The van der Waals surface area contributed by atoms with Crippen LogP contribution < -0.4 is 5.73 Å². The summed E-state index contributed by atoms with van der Waals surface area (Å²) in [6, 6.07) is 11.1. The molecule has 0 bridgehead atoms. The van der Waals surface area contributed by atoms with Crippen LogP contribution in [0.3, 0.4) is 0 Å². The van der Waals surface area contributed by atoms with Crippen molar-refractivity contribution in [2.75, 3.05) is 13.1 Å². The van der Waals surface area contributed by atoms with E-state index in [0.29, 0.717) is 6.42 Å². The monoisotopic (exact) mass is 259 g/mol. The first-order chi connectivity index (χ1) is 9.13. The summed E-state index contributed by atoms with van der Waals surface area (Å²) >= 11 is 0. The quantitative estimate of drug-likeness (QED) is 0.819. The standard InChI is InChI=1S/C16H25N3/c1-4-15(18)16(19(5-2)12-6-11-17)14-9-7-13(3)8-10-14/h7-10,15-16H,4-6,12,18H2,1-3H3. The van der Waals surface area contributed by atoms with E-state index in [2.05, 4.69) is 56.0 Å². The highest BCUT2D eigenvalue weighted by molar-refractivity contribution is 5.25. The van der Waals surface area contributed by atoms with Crippen LogP contribution >= 0.6 is 0 Å². The molecule has 1 aromatic rings. The van der Waals surface area contributed by atoms with Crippen molar-refractivity contribution in [1.29, 1.82) is 5.26 Å². The fourth-order valence-corrected chi connectivity index (χ4v) is 2.40. The van der Waals surface area contributed by atoms with Gasteiger partial charge in [0.1, 0.15) is 0 Å². The van der Waals surface area contributed by atoms with Crippen LogP contribution in [0.1, 0.15) is 43.9 Å². The number of likely N-dealkylation sites (N-methyl/N-ethyl adjacent to an activating group) is 1. The molecule has 3 nitrogen and oxygen atoms in total. The summed E-state index contributed by atoms with van der Waals surface area (Å²) in [7, 11) is 0. The first kappa shape index (κ1) is 15.7. The van der Waals surface area contributed by atoms with Gasteiger partial charge < -0.3 is 5.73 Å². The SMILES string of the molecule is CCC(N)C(c1ccc(C)cc1)N(CC)CCC#N. The fourth-order valence-electron chi connectivity index (χ4n) is 2.40. The van der Waals surface area contributed by atoms with Gasteiger partial charge in [0, 0.05) is 25.0 Å². The van der Waals surface area contributed by atoms with E-state index >= 15 is 0 Å². The Bertz CT molecular complexity index is 405. The predicted octanol–water partition coefficient (Wildman–Crippen LogP) is 3.01. The van der Waals surface area contributed by atoms with Crippen LogP contribution in [0.25, 0.3) is 0 Å². The molecule has 0 aliphatic rings. The maximum absolute atomic E-state index is 8.79. The minimum atomic E-state index is 0.0985. The van der Waals surface area contributed by atoms with Gasteiger partial charge in [-0.05, 0) is 25.5 Å². The van der Waals surface area contributed by atoms with E-state index in [4.69, 9.17) is 11.0 Å². The van der Waals surface area contributed by atoms with E-state index < -0.39 is 0 Å². The zero-order valence-corrected chi connectivity index (χ0v) is 12.3. The van der Waals surface area contributed by atoms with Crippen molar-refractivity contribution in [3.05, 3.63) is 35.4 Å². The van der Waals surface area contributed by atoms with Gasteiger partial charge in [0.2, 0.25) is 0 Å². The molecule has 0 radical (unpaired) electrons. The van der Waals surface area contributed by atoms with Gasteiger partial charge in [-0.25, -0.2) is 0 Å². The predicted molar refractivity (Wildman–Crippen MR) is 79.7 cm³/mol. The lowest BCUT2D eigenvalue weighted by molar-refractivity contribution is 0.181. The van der Waals surface area contributed by atoms with Crippen molar-refractivity contribution in [3.63, 3.8) is 0 Å². The molecule has 0 saturated heterocycles. The van der Waals surface area contributed by atoms with E-state index in [1.54, 1.807) is 0 Å². The molecule has 0 amide bonds. The number of aryl methyl sites for hydroxylation is 1. The average Bonchev–Trinajstić information content (AvgIpc) is 2.44. The lowest BCUT2D eigenvalue weighted by atomic mass is 9.95. The molecule has 2 atom stereocenters. The Morgan fingerprint density at radius 1 is 1.26 bits per heavy atom. The van der Waals surface area contributed by atoms with Crippen molar-refractivity contribution >= 4 is 0 Å². The molecule has 0 aromatic heterocycles. The third-order valence-corrected chi connectivity index (χ3v) is 3.61. The Morgan fingerprint density at radius 3 is 2.37 bits per heavy atom. The first-order valence-electron chi connectivity index (χ1n) is 7.07. The fraction of sp³-hybridized carbons (Fsp3) is 0.562. The van der Waals surface area contributed by atoms with Crippen LogP contribution in [0.5, 0.6) is 0 Å². The molecule has 1 rings (SSSR count). The smallest absolute Gasteiger partial charge is 0.0635 e. The molecule has 2 N–H and O–H groups in total. The Kier molecular flexibility index (Phi) is 6.55. The summed E-state index contributed by atoms with van der Waals surface area (Å²) in [6.07, 6.45) is 1.48. The van der Waals surface area contributed by atoms with Crippen molar-refractivity contribution in [1.82, 2.24) is 4.90 Å². The number of hydrogen-bond acceptors (Lipinski definition) is 3. The van der Waals surface area contributed by atoms with E-state index in [1.807, 2.05) is 0 Å². The summed E-state index contributed by atoms with van der Waals surface area (Å²) < 4.78 is 0. The first-order valence-corrected chi connectivity index (χ1v) is 7.07. The molecule has 0 aliphatic carbocycles. The van der Waals surface area contributed by atoms with Crippen LogP contribution in [0.15, 0.2) is 24.3 Å². The van der Waals surface area contributed by atoms with Gasteiger partial charge in [-0.15, -0.1) is 0 Å². The summed E-state index contributed by atoms with van der Waals surface area (Å²) in [4.78, 5) is 2.31. The number of nitrogens with zero attached hydrogens (tertiary/aromatic N) is 2. The van der Waals surface area contributed by atoms with Crippen LogP contribution in [0.2, 0.25) is 0 Å². The molecular weight excluding hydrogens is 234 g/mol. The summed E-state index contributed by atoms with van der Waals surface area (Å²) in [5, 5.41) is 8.79. The van der Waals surface area contributed by atoms with Crippen molar-refractivity contribution in [2.45, 2.75) is 45.7 Å². The molecular formula is C16H25N3. The van der Waals surface area contributed by atoms with Gasteiger partial charge in [0.05, 0.1) is 6.07 Å². The largest absolute Gasteiger partial charge is 0.326 e. The molecule has 0 saturated carbocycles. The molecule has 104 valence electrons. The van der Waals surface area contributed by atoms with E-state index in [0.717, 1.165) is 19.5 Å². The van der Waals surface area contributed by atoms with E-state index in [1.165, 1.54) is 11.1 Å². The number of rotatable bonds is 7. The second-order valence-electron chi connectivity index (χ2n) is 4.96. The van der Waals surface area contributed by atoms with Gasteiger partial charge in [-0.2, -0.15) is 5.26 Å². The van der Waals surface area contributed by atoms with Crippen molar-refractivity contribution in [2.24, 2.45) is 5.73 Å². The van der Waals surface area contributed by atoms with Crippen molar-refractivity contribution < 1.29 is 0 Å². The van der Waals surface area contributed by atoms with Crippen LogP contribution in [-0.2, 0) is 0 Å². The molecule has 1 aromatic carbocycles. The number of nitriles is 1. The topological polar surface area (TPSA) is 53.0 Å². The molecule has 2 unspecified atom stereocenters. The third kappa shape index (κ3) is 4.34. The number of hydrogen-bond donors (Lipinski definition) is 1. The molecule has 19 heavy (non-hydrogen) atoms. The highest BCUT2D eigenvalue weighted by atomic mass is 15.2. The normalized spacial score (nSPS) is 14.1. The second-order valence-corrected chi connectivity index (χ2v) is 4.96. The summed E-state index contributed by atoms with van der Waals surface area (Å²) in [5.41, 5.74) is 8.82. The van der Waals surface area contributed by atoms with Gasteiger partial charge in [0.15, 0.2) is 0 Å². The molecule has 0 spiro atoms. The van der Waals surface area contributed by atoms with Gasteiger partial charge >= 0.3 is 0 Å². The van der Waals surface area contributed by atoms with Crippen molar-refractivity contribution in [3.8, 4) is 6.07 Å². The zero-order valence-electron chi connectivity index (χ0n) is 12.3. The summed E-state index contributed by atoms with van der Waals surface area (Å²) in [5.74, 6) is 0. The third-order valence-electron chi connectivity index (χ3n) is 3.61. The van der Waals surface area contributed by atoms with Crippen LogP contribution in [0, 0.1) is 18.3 Å². The average molecular weight is 259 g/mol. The van der Waals surface area contributed by atoms with E-state index in [-0.39, 0.29) is 12.1 Å². The highest BCUT2D eigenvalue weighted by Gasteiger charge is 2.24. The molecule has 0 heterocycles. The molecule has 0 aliphatic heterocycles. The summed E-state index contributed by atoms with van der Waals surface area (Å²) in [6.45, 7) is 8.02. The number of benzene rings is 1. The van der Waals surface area contributed by atoms with Gasteiger partial charge in [0.25, 0.3) is 0 Å².